The van der Waals surface area contributed by atoms with Gasteiger partial charge in [-0.25, -0.2) is 0 Å². The van der Waals surface area contributed by atoms with Crippen molar-refractivity contribution in [1.29, 1.82) is 0 Å². The molecule has 6 heteroatoms. The van der Waals surface area contributed by atoms with Crippen molar-refractivity contribution in [1.82, 2.24) is 9.80 Å². The van der Waals surface area contributed by atoms with Gasteiger partial charge in [-0.2, -0.15) is 0 Å². The Kier molecular flexibility index (Phi) is 8.06. The molecule has 0 saturated carbocycles. The Hall–Kier alpha value is -1.92. The summed E-state index contributed by atoms with van der Waals surface area (Å²) in [6.07, 6.45) is 2.09. The minimum absolute atomic E-state index is 0.00310. The van der Waals surface area contributed by atoms with E-state index in [2.05, 4.69) is 17.1 Å². The van der Waals surface area contributed by atoms with Crippen LogP contribution in [0.15, 0.2) is 30.3 Å². The molecule has 26 heavy (non-hydrogen) atoms. The first-order chi connectivity index (χ1) is 12.4. The van der Waals surface area contributed by atoms with E-state index in [4.69, 9.17) is 0 Å². The number of likely N-dealkylation sites (tertiary alicyclic amines) is 1. The Balaban J connectivity index is 1.62. The van der Waals surface area contributed by atoms with Crippen molar-refractivity contribution in [3.63, 3.8) is 0 Å². The molecule has 1 heterocycles. The monoisotopic (exact) mass is 361 g/mol. The van der Waals surface area contributed by atoms with Gasteiger partial charge >= 0.3 is 0 Å². The van der Waals surface area contributed by atoms with Gasteiger partial charge in [-0.05, 0) is 37.4 Å². The number of carbonyl (C=O) groups excluding carboxylic acids is 2. The fourth-order valence-electron chi connectivity index (χ4n) is 3.24. The fourth-order valence-corrected chi connectivity index (χ4v) is 3.24. The van der Waals surface area contributed by atoms with Gasteiger partial charge in [0.15, 0.2) is 0 Å². The van der Waals surface area contributed by atoms with Gasteiger partial charge in [-0.1, -0.05) is 25.1 Å². The molecule has 0 spiro atoms. The van der Waals surface area contributed by atoms with Gasteiger partial charge in [0.05, 0.1) is 6.10 Å². The number of nitrogens with zero attached hydrogens (tertiary/aromatic N) is 2. The molecule has 2 atom stereocenters. The van der Waals surface area contributed by atoms with E-state index in [1.165, 1.54) is 0 Å². The van der Waals surface area contributed by atoms with Crippen molar-refractivity contribution >= 4 is 17.5 Å². The molecule has 1 aliphatic rings. The Labute approximate surface area is 156 Å². The van der Waals surface area contributed by atoms with E-state index in [0.717, 1.165) is 38.2 Å². The molecule has 6 nitrogen and oxygen atoms in total. The Morgan fingerprint density at radius 3 is 2.69 bits per heavy atom. The predicted molar refractivity (Wildman–Crippen MR) is 103 cm³/mol. The van der Waals surface area contributed by atoms with Crippen LogP contribution in [0.3, 0.4) is 0 Å². The number of rotatable bonds is 9. The highest BCUT2D eigenvalue weighted by atomic mass is 16.3. The molecular formula is C20H31N3O3. The van der Waals surface area contributed by atoms with Gasteiger partial charge in [0, 0.05) is 45.2 Å². The van der Waals surface area contributed by atoms with Crippen molar-refractivity contribution < 1.29 is 14.7 Å². The van der Waals surface area contributed by atoms with Crippen molar-refractivity contribution in [2.75, 3.05) is 38.5 Å². The maximum absolute atomic E-state index is 12.2. The Morgan fingerprint density at radius 2 is 2.04 bits per heavy atom. The number of para-hydroxylation sites is 1. The molecule has 1 aromatic rings. The van der Waals surface area contributed by atoms with Crippen molar-refractivity contribution in [2.45, 2.75) is 38.7 Å². The minimum atomic E-state index is -0.184. The van der Waals surface area contributed by atoms with Gasteiger partial charge in [0.1, 0.15) is 0 Å². The molecule has 0 unspecified atom stereocenters. The molecule has 0 bridgehead atoms. The zero-order valence-corrected chi connectivity index (χ0v) is 15.9. The highest BCUT2D eigenvalue weighted by Gasteiger charge is 2.21. The van der Waals surface area contributed by atoms with Crippen molar-refractivity contribution in [3.05, 3.63) is 30.3 Å². The van der Waals surface area contributed by atoms with E-state index in [0.29, 0.717) is 12.5 Å². The molecule has 1 aromatic carbocycles. The largest absolute Gasteiger partial charge is 0.392 e. The van der Waals surface area contributed by atoms with Crippen LogP contribution in [0.5, 0.6) is 0 Å². The number of carbonyl (C=O) groups is 2. The highest BCUT2D eigenvalue weighted by Crippen LogP contribution is 2.13. The second-order valence-electron chi connectivity index (χ2n) is 7.33. The van der Waals surface area contributed by atoms with Crippen LogP contribution in [-0.4, -0.2) is 66.1 Å². The number of hydrogen-bond acceptors (Lipinski definition) is 4. The van der Waals surface area contributed by atoms with Gasteiger partial charge in [-0.3, -0.25) is 9.59 Å². The smallest absolute Gasteiger partial charge is 0.224 e. The number of anilines is 1. The van der Waals surface area contributed by atoms with E-state index < -0.39 is 0 Å². The highest BCUT2D eigenvalue weighted by molar-refractivity contribution is 5.93. The summed E-state index contributed by atoms with van der Waals surface area (Å²) in [4.78, 5) is 28.2. The van der Waals surface area contributed by atoms with Crippen LogP contribution in [0.2, 0.25) is 0 Å². The zero-order chi connectivity index (χ0) is 18.9. The summed E-state index contributed by atoms with van der Waals surface area (Å²) in [6.45, 7) is 5.50. The predicted octanol–water partition coefficient (Wildman–Crippen LogP) is 1.96. The van der Waals surface area contributed by atoms with Gasteiger partial charge in [-0.15, -0.1) is 0 Å². The Morgan fingerprint density at radius 1 is 1.31 bits per heavy atom. The maximum atomic E-state index is 12.2. The number of amides is 2. The zero-order valence-electron chi connectivity index (χ0n) is 15.9. The summed E-state index contributed by atoms with van der Waals surface area (Å²) in [5.41, 5.74) is 0.749. The number of β-amino-alcohol motifs (C(OH)–C–C–N with tert-alkyl or cyclic N) is 1. The maximum Gasteiger partial charge on any atom is 0.224 e. The average molecular weight is 361 g/mol. The lowest BCUT2D eigenvalue weighted by atomic mass is 10.1. The molecule has 0 aliphatic carbocycles. The van der Waals surface area contributed by atoms with Crippen molar-refractivity contribution in [2.24, 2.45) is 5.92 Å². The Bertz CT molecular complexity index is 579. The number of benzene rings is 1. The van der Waals surface area contributed by atoms with E-state index >= 15 is 0 Å². The summed E-state index contributed by atoms with van der Waals surface area (Å²) in [5.74, 6) is 0.245. The third kappa shape index (κ3) is 7.14. The SMILES string of the molecule is C[C@@H](CCN1CC[C@H](O)C1)CN(C)C(=O)CCC(=O)Nc1ccccc1. The van der Waals surface area contributed by atoms with Crippen LogP contribution >= 0.6 is 0 Å². The van der Waals surface area contributed by atoms with E-state index in [1.807, 2.05) is 30.3 Å². The summed E-state index contributed by atoms with van der Waals surface area (Å²) in [7, 11) is 1.80. The van der Waals surface area contributed by atoms with Crippen LogP contribution in [0.1, 0.15) is 32.6 Å². The van der Waals surface area contributed by atoms with E-state index in [9.17, 15) is 14.7 Å². The molecule has 1 fully saturated rings. The second-order valence-corrected chi connectivity index (χ2v) is 7.33. The number of hydrogen-bond donors (Lipinski definition) is 2. The first kappa shape index (κ1) is 20.4. The molecule has 1 saturated heterocycles. The van der Waals surface area contributed by atoms with E-state index in [-0.39, 0.29) is 30.8 Å². The first-order valence-corrected chi connectivity index (χ1v) is 9.43. The third-order valence-corrected chi connectivity index (χ3v) is 4.82. The molecular weight excluding hydrogens is 330 g/mol. The quantitative estimate of drug-likeness (QED) is 0.705. The van der Waals surface area contributed by atoms with Gasteiger partial charge in [0.25, 0.3) is 0 Å². The summed E-state index contributed by atoms with van der Waals surface area (Å²) in [5, 5.41) is 12.3. The van der Waals surface area contributed by atoms with Crippen LogP contribution in [0, 0.1) is 5.92 Å². The topological polar surface area (TPSA) is 72.9 Å². The molecule has 0 radical (unpaired) electrons. The number of aliphatic hydroxyl groups is 1. The van der Waals surface area contributed by atoms with Gasteiger partial charge < -0.3 is 20.2 Å². The number of aliphatic hydroxyl groups excluding tert-OH is 1. The van der Waals surface area contributed by atoms with Crippen LogP contribution < -0.4 is 5.32 Å². The second kappa shape index (κ2) is 10.3. The minimum Gasteiger partial charge on any atom is -0.392 e. The summed E-state index contributed by atoms with van der Waals surface area (Å²) < 4.78 is 0. The molecule has 0 aromatic heterocycles. The fraction of sp³-hybridized carbons (Fsp3) is 0.600. The van der Waals surface area contributed by atoms with E-state index in [1.54, 1.807) is 11.9 Å². The molecule has 2 amide bonds. The van der Waals surface area contributed by atoms with Crippen LogP contribution in [0.4, 0.5) is 5.69 Å². The molecule has 2 N–H and O–H groups in total. The molecule has 2 rings (SSSR count). The summed E-state index contributed by atoms with van der Waals surface area (Å²) >= 11 is 0. The first-order valence-electron chi connectivity index (χ1n) is 9.43. The molecule has 144 valence electrons. The van der Waals surface area contributed by atoms with Crippen LogP contribution in [0.25, 0.3) is 0 Å². The lowest BCUT2D eigenvalue weighted by Gasteiger charge is -2.23. The summed E-state index contributed by atoms with van der Waals surface area (Å²) in [6, 6.07) is 9.26. The lowest BCUT2D eigenvalue weighted by Crippen LogP contribution is -2.33. The molecule has 1 aliphatic heterocycles. The van der Waals surface area contributed by atoms with Crippen molar-refractivity contribution in [3.8, 4) is 0 Å². The number of nitrogens with one attached hydrogen (secondary N) is 1. The normalized spacial score (nSPS) is 18.5. The lowest BCUT2D eigenvalue weighted by molar-refractivity contribution is -0.132. The third-order valence-electron chi connectivity index (χ3n) is 4.82. The standard InChI is InChI=1S/C20H31N3O3/c1-16(10-12-23-13-11-18(24)15-23)14-22(2)20(26)9-8-19(25)21-17-6-4-3-5-7-17/h3-7,16,18,24H,8-15H2,1-2H3,(H,21,25)/t16-,18-/m0/s1. The average Bonchev–Trinajstić information content (AvgIpc) is 3.04. The van der Waals surface area contributed by atoms with Crippen LogP contribution in [-0.2, 0) is 9.59 Å². The van der Waals surface area contributed by atoms with Gasteiger partial charge in [0.2, 0.25) is 11.8 Å².